The Labute approximate surface area is 147 Å². The van der Waals surface area contributed by atoms with Crippen LogP contribution in [0.15, 0.2) is 27.3 Å². The molecule has 0 spiro atoms. The number of hydrogen-bond donors (Lipinski definition) is 0. The predicted octanol–water partition coefficient (Wildman–Crippen LogP) is 4.01. The number of carbonyl (C=O) groups excluding carboxylic acids is 1. The fourth-order valence-corrected chi connectivity index (χ4v) is 3.59. The molecular weight excluding hydrogens is 318 g/mol. The van der Waals surface area contributed by atoms with Crippen LogP contribution in [0, 0.1) is 0 Å². The molecular formula is C19H25N3O3. The van der Waals surface area contributed by atoms with Crippen molar-refractivity contribution < 1.29 is 13.7 Å². The van der Waals surface area contributed by atoms with E-state index in [1.54, 1.807) is 6.26 Å². The first-order valence-corrected chi connectivity index (χ1v) is 9.46. The molecule has 3 heterocycles. The Morgan fingerprint density at radius 3 is 2.96 bits per heavy atom. The summed E-state index contributed by atoms with van der Waals surface area (Å²) in [5, 5.41) is 4.03. The minimum atomic E-state index is 0.0786. The first-order chi connectivity index (χ1) is 12.3. The monoisotopic (exact) mass is 343 g/mol. The average molecular weight is 343 g/mol. The van der Waals surface area contributed by atoms with Crippen molar-refractivity contribution >= 4 is 5.91 Å². The van der Waals surface area contributed by atoms with E-state index in [9.17, 15) is 4.79 Å². The molecule has 1 aliphatic carbocycles. The van der Waals surface area contributed by atoms with Crippen LogP contribution in [0.25, 0.3) is 0 Å². The number of aromatic nitrogens is 2. The molecule has 1 atom stereocenters. The molecule has 6 nitrogen and oxygen atoms in total. The second kappa shape index (κ2) is 7.42. The van der Waals surface area contributed by atoms with Gasteiger partial charge in [0, 0.05) is 25.3 Å². The quantitative estimate of drug-likeness (QED) is 0.792. The Balaban J connectivity index is 1.33. The summed E-state index contributed by atoms with van der Waals surface area (Å²) in [6, 6.07) is 3.96. The third-order valence-electron chi connectivity index (χ3n) is 5.15. The number of carbonyl (C=O) groups is 1. The number of aryl methyl sites for hydroxylation is 1. The van der Waals surface area contributed by atoms with E-state index in [0.717, 1.165) is 43.8 Å². The van der Waals surface area contributed by atoms with Crippen LogP contribution in [-0.4, -0.2) is 27.5 Å². The van der Waals surface area contributed by atoms with E-state index in [4.69, 9.17) is 8.94 Å². The highest BCUT2D eigenvalue weighted by Gasteiger charge is 2.29. The third kappa shape index (κ3) is 3.94. The number of amides is 1. The summed E-state index contributed by atoms with van der Waals surface area (Å²) < 4.78 is 10.9. The van der Waals surface area contributed by atoms with Crippen LogP contribution in [0.1, 0.15) is 80.8 Å². The lowest BCUT2D eigenvalue weighted by Gasteiger charge is -2.28. The van der Waals surface area contributed by atoms with E-state index in [1.165, 1.54) is 19.3 Å². The van der Waals surface area contributed by atoms with Crippen molar-refractivity contribution in [3.05, 3.63) is 35.9 Å². The van der Waals surface area contributed by atoms with Gasteiger partial charge in [0.25, 0.3) is 0 Å². The molecule has 0 bridgehead atoms. The van der Waals surface area contributed by atoms with Gasteiger partial charge in [-0.2, -0.15) is 4.98 Å². The zero-order valence-corrected chi connectivity index (χ0v) is 14.5. The lowest BCUT2D eigenvalue weighted by Crippen LogP contribution is -2.34. The second-order valence-corrected chi connectivity index (χ2v) is 7.14. The number of nitrogens with zero attached hydrogens (tertiary/aromatic N) is 3. The molecule has 25 heavy (non-hydrogen) atoms. The van der Waals surface area contributed by atoms with Gasteiger partial charge < -0.3 is 13.8 Å². The molecule has 4 rings (SSSR count). The van der Waals surface area contributed by atoms with Crippen LogP contribution in [-0.2, 0) is 11.2 Å². The SMILES string of the molecule is O=C(CCCc1nc(C2CC2)no1)N1CCCCC[C@H]1c1ccco1. The maximum Gasteiger partial charge on any atom is 0.226 e. The van der Waals surface area contributed by atoms with Gasteiger partial charge in [0.05, 0.1) is 12.3 Å². The van der Waals surface area contributed by atoms with Gasteiger partial charge in [-0.25, -0.2) is 0 Å². The fraction of sp³-hybridized carbons (Fsp3) is 0.632. The molecule has 2 fully saturated rings. The zero-order valence-electron chi connectivity index (χ0n) is 14.5. The van der Waals surface area contributed by atoms with E-state index >= 15 is 0 Å². The molecule has 134 valence electrons. The summed E-state index contributed by atoms with van der Waals surface area (Å²) >= 11 is 0. The highest BCUT2D eigenvalue weighted by molar-refractivity contribution is 5.76. The molecule has 0 aromatic carbocycles. The molecule has 6 heteroatoms. The summed E-state index contributed by atoms with van der Waals surface area (Å²) in [7, 11) is 0. The number of rotatable bonds is 6. The summed E-state index contributed by atoms with van der Waals surface area (Å²) in [5.41, 5.74) is 0. The van der Waals surface area contributed by atoms with Crippen LogP contribution in [0.4, 0.5) is 0 Å². The molecule has 2 aliphatic rings. The van der Waals surface area contributed by atoms with E-state index in [1.807, 2.05) is 17.0 Å². The molecule has 1 saturated heterocycles. The smallest absolute Gasteiger partial charge is 0.226 e. The summed E-state index contributed by atoms with van der Waals surface area (Å²) in [6.45, 7) is 0.816. The van der Waals surface area contributed by atoms with Crippen molar-refractivity contribution in [1.82, 2.24) is 15.0 Å². The van der Waals surface area contributed by atoms with Crippen LogP contribution < -0.4 is 0 Å². The maximum atomic E-state index is 12.8. The van der Waals surface area contributed by atoms with E-state index < -0.39 is 0 Å². The van der Waals surface area contributed by atoms with E-state index in [-0.39, 0.29) is 11.9 Å². The van der Waals surface area contributed by atoms with Gasteiger partial charge in [-0.1, -0.05) is 18.0 Å². The van der Waals surface area contributed by atoms with E-state index in [0.29, 0.717) is 24.7 Å². The van der Waals surface area contributed by atoms with Gasteiger partial charge in [-0.3, -0.25) is 4.79 Å². The average Bonchev–Trinajstić information content (AvgIpc) is 3.22. The maximum absolute atomic E-state index is 12.8. The lowest BCUT2D eigenvalue weighted by atomic mass is 10.1. The number of likely N-dealkylation sites (tertiary alicyclic amines) is 1. The molecule has 2 aromatic rings. The standard InChI is InChI=1S/C19H25N3O3/c23-18(9-4-8-17-20-19(21-25-17)14-10-11-14)22-12-3-1-2-6-15(22)16-7-5-13-24-16/h5,7,13-15H,1-4,6,8-12H2/t15-/m0/s1. The highest BCUT2D eigenvalue weighted by atomic mass is 16.5. The van der Waals surface area contributed by atoms with Crippen molar-refractivity contribution in [1.29, 1.82) is 0 Å². The van der Waals surface area contributed by atoms with E-state index in [2.05, 4.69) is 10.1 Å². The molecule has 2 aromatic heterocycles. The predicted molar refractivity (Wildman–Crippen MR) is 90.8 cm³/mol. The van der Waals surface area contributed by atoms with Crippen LogP contribution in [0.3, 0.4) is 0 Å². The van der Waals surface area contributed by atoms with Gasteiger partial charge in [-0.15, -0.1) is 0 Å². The van der Waals surface area contributed by atoms with Crippen molar-refractivity contribution in [3.63, 3.8) is 0 Å². The van der Waals surface area contributed by atoms with Crippen molar-refractivity contribution in [2.75, 3.05) is 6.54 Å². The summed E-state index contributed by atoms with van der Waals surface area (Å²) in [6.07, 6.45) is 10.3. The first-order valence-electron chi connectivity index (χ1n) is 9.46. The van der Waals surface area contributed by atoms with Crippen molar-refractivity contribution in [2.45, 2.75) is 69.7 Å². The van der Waals surface area contributed by atoms with Gasteiger partial charge in [-0.05, 0) is 44.2 Å². The van der Waals surface area contributed by atoms with Gasteiger partial charge in [0.1, 0.15) is 5.76 Å². The highest BCUT2D eigenvalue weighted by Crippen LogP contribution is 2.38. The fourth-order valence-electron chi connectivity index (χ4n) is 3.59. The normalized spacial score (nSPS) is 21.3. The molecule has 1 saturated carbocycles. The Morgan fingerprint density at radius 1 is 1.24 bits per heavy atom. The lowest BCUT2D eigenvalue weighted by molar-refractivity contribution is -0.134. The zero-order chi connectivity index (χ0) is 17.1. The first kappa shape index (κ1) is 16.4. The van der Waals surface area contributed by atoms with Crippen molar-refractivity contribution in [2.24, 2.45) is 0 Å². The van der Waals surface area contributed by atoms with Gasteiger partial charge in [0.15, 0.2) is 5.82 Å². The Kier molecular flexibility index (Phi) is 4.85. The molecule has 0 radical (unpaired) electrons. The Hall–Kier alpha value is -2.11. The van der Waals surface area contributed by atoms with Crippen molar-refractivity contribution in [3.8, 4) is 0 Å². The minimum absolute atomic E-state index is 0.0786. The Bertz CT molecular complexity index is 691. The summed E-state index contributed by atoms with van der Waals surface area (Å²) in [4.78, 5) is 19.2. The van der Waals surface area contributed by atoms with Crippen LogP contribution in [0.5, 0.6) is 0 Å². The Morgan fingerprint density at radius 2 is 2.16 bits per heavy atom. The second-order valence-electron chi connectivity index (χ2n) is 7.14. The number of hydrogen-bond acceptors (Lipinski definition) is 5. The number of furan rings is 1. The largest absolute Gasteiger partial charge is 0.467 e. The van der Waals surface area contributed by atoms with Gasteiger partial charge >= 0.3 is 0 Å². The minimum Gasteiger partial charge on any atom is -0.467 e. The molecule has 1 amide bonds. The summed E-state index contributed by atoms with van der Waals surface area (Å²) in [5.74, 6) is 3.11. The van der Waals surface area contributed by atoms with Gasteiger partial charge in [0.2, 0.25) is 11.8 Å². The molecule has 0 unspecified atom stereocenters. The molecule has 1 aliphatic heterocycles. The van der Waals surface area contributed by atoms with Crippen LogP contribution >= 0.6 is 0 Å². The van der Waals surface area contributed by atoms with Crippen LogP contribution in [0.2, 0.25) is 0 Å². The third-order valence-corrected chi connectivity index (χ3v) is 5.15. The molecule has 0 N–H and O–H groups in total. The topological polar surface area (TPSA) is 72.4 Å².